The van der Waals surface area contributed by atoms with Crippen molar-refractivity contribution in [3.05, 3.63) is 0 Å². The van der Waals surface area contributed by atoms with E-state index in [-0.39, 0.29) is 0 Å². The molecule has 0 bridgehead atoms. The molecule has 1 atom stereocenters. The molecular formula is C13H28N2. The second kappa shape index (κ2) is 5.86. The summed E-state index contributed by atoms with van der Waals surface area (Å²) in [5.74, 6) is 0.996. The topological polar surface area (TPSA) is 29.3 Å². The van der Waals surface area contributed by atoms with Gasteiger partial charge in [0.15, 0.2) is 0 Å². The van der Waals surface area contributed by atoms with Crippen LogP contribution in [0, 0.1) is 11.3 Å². The summed E-state index contributed by atoms with van der Waals surface area (Å²) in [6.07, 6.45) is 5.35. The van der Waals surface area contributed by atoms with Gasteiger partial charge in [-0.25, -0.2) is 0 Å². The Morgan fingerprint density at radius 2 is 2.00 bits per heavy atom. The van der Waals surface area contributed by atoms with E-state index in [1.807, 2.05) is 0 Å². The molecule has 0 saturated heterocycles. The highest BCUT2D eigenvalue weighted by Gasteiger charge is 2.28. The Bertz CT molecular complexity index is 171. The summed E-state index contributed by atoms with van der Waals surface area (Å²) in [7, 11) is 0. The van der Waals surface area contributed by atoms with Gasteiger partial charge in [-0.3, -0.25) is 0 Å². The smallest absolute Gasteiger partial charge is 0.00474 e. The van der Waals surface area contributed by atoms with E-state index >= 15 is 0 Å². The molecule has 1 rings (SSSR count). The fourth-order valence-electron chi connectivity index (χ4n) is 2.08. The van der Waals surface area contributed by atoms with Crippen LogP contribution in [0.2, 0.25) is 0 Å². The normalized spacial score (nSPS) is 20.6. The minimum atomic E-state index is 0.323. The van der Waals surface area contributed by atoms with Crippen molar-refractivity contribution in [3.8, 4) is 0 Å². The maximum Gasteiger partial charge on any atom is 0.00474 e. The highest BCUT2D eigenvalue weighted by molar-refractivity contribution is 4.82. The lowest BCUT2D eigenvalue weighted by molar-refractivity contribution is 0.158. The van der Waals surface area contributed by atoms with Crippen LogP contribution >= 0.6 is 0 Å². The van der Waals surface area contributed by atoms with Gasteiger partial charge in [-0.1, -0.05) is 20.8 Å². The molecule has 15 heavy (non-hydrogen) atoms. The van der Waals surface area contributed by atoms with Crippen molar-refractivity contribution in [2.75, 3.05) is 26.2 Å². The number of rotatable bonds is 8. The highest BCUT2D eigenvalue weighted by atomic mass is 15.1. The lowest BCUT2D eigenvalue weighted by Gasteiger charge is -2.34. The average Bonchev–Trinajstić information content (AvgIpc) is 3.02. The summed E-state index contributed by atoms with van der Waals surface area (Å²) in [6.45, 7) is 11.4. The van der Waals surface area contributed by atoms with Crippen molar-refractivity contribution in [1.29, 1.82) is 0 Å². The van der Waals surface area contributed by atoms with Gasteiger partial charge in [-0.05, 0) is 50.1 Å². The number of hydrogen-bond acceptors (Lipinski definition) is 2. The molecule has 1 aliphatic rings. The van der Waals surface area contributed by atoms with Gasteiger partial charge in [0.25, 0.3) is 0 Å². The van der Waals surface area contributed by atoms with Gasteiger partial charge < -0.3 is 10.6 Å². The van der Waals surface area contributed by atoms with Gasteiger partial charge in [0, 0.05) is 13.1 Å². The maximum absolute atomic E-state index is 5.88. The monoisotopic (exact) mass is 212 g/mol. The first kappa shape index (κ1) is 13.0. The zero-order chi connectivity index (χ0) is 11.3. The molecule has 90 valence electrons. The molecule has 2 heteroatoms. The molecule has 0 heterocycles. The van der Waals surface area contributed by atoms with Crippen LogP contribution in [0.4, 0.5) is 0 Å². The van der Waals surface area contributed by atoms with Crippen molar-refractivity contribution in [3.63, 3.8) is 0 Å². The van der Waals surface area contributed by atoms with E-state index in [2.05, 4.69) is 25.7 Å². The van der Waals surface area contributed by atoms with Gasteiger partial charge in [0.1, 0.15) is 0 Å². The van der Waals surface area contributed by atoms with Gasteiger partial charge in [0.05, 0.1) is 0 Å². The first-order valence-electron chi connectivity index (χ1n) is 6.56. The SMILES string of the molecule is CCCN(CC1CC1)CC(C)(CC)CN. The van der Waals surface area contributed by atoms with Gasteiger partial charge in [0.2, 0.25) is 0 Å². The molecule has 2 N–H and O–H groups in total. The standard InChI is InChI=1S/C13H28N2/c1-4-8-15(9-12-6-7-12)11-13(3,5-2)10-14/h12H,4-11,14H2,1-3H3. The van der Waals surface area contributed by atoms with E-state index in [1.165, 1.54) is 45.3 Å². The predicted molar refractivity (Wildman–Crippen MR) is 66.9 cm³/mol. The van der Waals surface area contributed by atoms with Crippen LogP contribution in [0.25, 0.3) is 0 Å². The van der Waals surface area contributed by atoms with Crippen LogP contribution < -0.4 is 5.73 Å². The molecule has 1 fully saturated rings. The van der Waals surface area contributed by atoms with Gasteiger partial charge >= 0.3 is 0 Å². The molecular weight excluding hydrogens is 184 g/mol. The number of hydrogen-bond donors (Lipinski definition) is 1. The molecule has 0 aromatic heterocycles. The Morgan fingerprint density at radius 1 is 1.33 bits per heavy atom. The molecule has 1 saturated carbocycles. The molecule has 0 aliphatic heterocycles. The van der Waals surface area contributed by atoms with Crippen molar-refractivity contribution in [1.82, 2.24) is 4.90 Å². The van der Waals surface area contributed by atoms with Crippen molar-refractivity contribution in [2.24, 2.45) is 17.1 Å². The molecule has 0 spiro atoms. The zero-order valence-corrected chi connectivity index (χ0v) is 10.8. The van der Waals surface area contributed by atoms with Crippen LogP contribution in [0.15, 0.2) is 0 Å². The highest BCUT2D eigenvalue weighted by Crippen LogP contribution is 2.31. The maximum atomic E-state index is 5.88. The van der Waals surface area contributed by atoms with Gasteiger partial charge in [-0.2, -0.15) is 0 Å². The first-order valence-corrected chi connectivity index (χ1v) is 6.56. The molecule has 0 aromatic rings. The van der Waals surface area contributed by atoms with Crippen LogP contribution in [-0.4, -0.2) is 31.1 Å². The lowest BCUT2D eigenvalue weighted by Crippen LogP contribution is -2.41. The molecule has 0 aromatic carbocycles. The van der Waals surface area contributed by atoms with Crippen molar-refractivity contribution < 1.29 is 0 Å². The van der Waals surface area contributed by atoms with Crippen LogP contribution in [0.1, 0.15) is 46.5 Å². The Balaban J connectivity index is 2.39. The molecule has 1 aliphatic carbocycles. The lowest BCUT2D eigenvalue weighted by atomic mass is 9.87. The summed E-state index contributed by atoms with van der Waals surface area (Å²) in [4.78, 5) is 2.63. The van der Waals surface area contributed by atoms with E-state index < -0.39 is 0 Å². The second-order valence-electron chi connectivity index (χ2n) is 5.55. The Labute approximate surface area is 95.2 Å². The van der Waals surface area contributed by atoms with E-state index in [4.69, 9.17) is 5.73 Å². The Kier molecular flexibility index (Phi) is 5.07. The largest absolute Gasteiger partial charge is 0.330 e. The molecule has 2 nitrogen and oxygen atoms in total. The van der Waals surface area contributed by atoms with Gasteiger partial charge in [-0.15, -0.1) is 0 Å². The van der Waals surface area contributed by atoms with Crippen molar-refractivity contribution in [2.45, 2.75) is 46.5 Å². The van der Waals surface area contributed by atoms with Crippen molar-refractivity contribution >= 4 is 0 Å². The minimum absolute atomic E-state index is 0.323. The third-order valence-corrected chi connectivity index (χ3v) is 3.70. The third kappa shape index (κ3) is 4.52. The summed E-state index contributed by atoms with van der Waals surface area (Å²) in [5.41, 5.74) is 6.21. The molecule has 0 amide bonds. The fourth-order valence-corrected chi connectivity index (χ4v) is 2.08. The number of nitrogens with zero attached hydrogens (tertiary/aromatic N) is 1. The average molecular weight is 212 g/mol. The van der Waals surface area contributed by atoms with Crippen LogP contribution in [-0.2, 0) is 0 Å². The molecule has 1 unspecified atom stereocenters. The first-order chi connectivity index (χ1) is 7.13. The summed E-state index contributed by atoms with van der Waals surface area (Å²) >= 11 is 0. The van der Waals surface area contributed by atoms with Crippen LogP contribution in [0.3, 0.4) is 0 Å². The van der Waals surface area contributed by atoms with E-state index in [1.54, 1.807) is 0 Å². The quantitative estimate of drug-likeness (QED) is 0.670. The zero-order valence-electron chi connectivity index (χ0n) is 10.8. The predicted octanol–water partition coefficient (Wildman–Crippen LogP) is 2.48. The minimum Gasteiger partial charge on any atom is -0.330 e. The number of nitrogens with two attached hydrogens (primary N) is 1. The van der Waals surface area contributed by atoms with E-state index in [9.17, 15) is 0 Å². The summed E-state index contributed by atoms with van der Waals surface area (Å²) < 4.78 is 0. The Morgan fingerprint density at radius 3 is 2.40 bits per heavy atom. The fraction of sp³-hybridized carbons (Fsp3) is 1.00. The van der Waals surface area contributed by atoms with E-state index in [0.29, 0.717) is 5.41 Å². The molecule has 0 radical (unpaired) electrons. The van der Waals surface area contributed by atoms with E-state index in [0.717, 1.165) is 12.5 Å². The third-order valence-electron chi connectivity index (χ3n) is 3.70. The summed E-state index contributed by atoms with van der Waals surface area (Å²) in [5, 5.41) is 0. The Hall–Kier alpha value is -0.0800. The van der Waals surface area contributed by atoms with Crippen LogP contribution in [0.5, 0.6) is 0 Å². The summed E-state index contributed by atoms with van der Waals surface area (Å²) in [6, 6.07) is 0. The second-order valence-corrected chi connectivity index (χ2v) is 5.55.